The van der Waals surface area contributed by atoms with Crippen LogP contribution in [0.5, 0.6) is 0 Å². The molecule has 0 aromatic heterocycles. The Morgan fingerprint density at radius 3 is 2.47 bits per heavy atom. The summed E-state index contributed by atoms with van der Waals surface area (Å²) in [6.45, 7) is 1.16. The maximum absolute atomic E-state index is 10.1. The van der Waals surface area contributed by atoms with Crippen molar-refractivity contribution in [1.82, 2.24) is 5.32 Å². The number of thiol groups is 1. The third kappa shape index (κ3) is 8.65. The van der Waals surface area contributed by atoms with Gasteiger partial charge >= 0.3 is 29.6 Å². The molecule has 1 aliphatic carbocycles. The first-order valence-electron chi connectivity index (χ1n) is 5.30. The number of rotatable bonds is 6. The first kappa shape index (κ1) is 15.9. The fourth-order valence-corrected chi connectivity index (χ4v) is 2.10. The molecule has 0 atom stereocenters. The van der Waals surface area contributed by atoms with Gasteiger partial charge in [-0.2, -0.15) is 0 Å². The Balaban J connectivity index is 0.00000196. The van der Waals surface area contributed by atoms with Crippen LogP contribution in [-0.4, -0.2) is 57.2 Å². The molecule has 0 amide bonds. The van der Waals surface area contributed by atoms with Crippen LogP contribution in [0.4, 0.5) is 0 Å². The van der Waals surface area contributed by atoms with E-state index in [0.29, 0.717) is 12.6 Å². The summed E-state index contributed by atoms with van der Waals surface area (Å²) < 4.78 is 24.6. The monoisotopic (exact) mass is 245 g/mol. The fourth-order valence-electron chi connectivity index (χ4n) is 1.82. The Bertz CT molecular complexity index is 209. The first-order chi connectivity index (χ1) is 6.79. The van der Waals surface area contributed by atoms with Crippen LogP contribution in [0, 0.1) is 0 Å². The van der Waals surface area contributed by atoms with Crippen LogP contribution < -0.4 is 5.32 Å². The molecule has 0 spiro atoms. The Kier molecular flexibility index (Phi) is 10.6. The molecule has 1 rings (SSSR count). The zero-order chi connectivity index (χ0) is 10.2. The van der Waals surface area contributed by atoms with Crippen LogP contribution in [-0.2, 0) is 15.2 Å². The fraction of sp³-hybridized carbons (Fsp3) is 1.00. The van der Waals surface area contributed by atoms with Crippen molar-refractivity contribution in [2.75, 3.05) is 13.2 Å². The van der Waals surface area contributed by atoms with Gasteiger partial charge in [-0.1, -0.05) is 19.3 Å². The van der Waals surface area contributed by atoms with Crippen molar-refractivity contribution in [3.05, 3.63) is 0 Å². The third-order valence-electron chi connectivity index (χ3n) is 2.56. The average Bonchev–Trinajstić information content (AvgIpc) is 2.18. The topological polar surface area (TPSA) is 55.4 Å². The molecular formula is C9H20NNaO3S. The summed E-state index contributed by atoms with van der Waals surface area (Å²) in [5.41, 5.74) is 0. The van der Waals surface area contributed by atoms with Crippen molar-refractivity contribution in [1.29, 1.82) is 0 Å². The number of nitrogens with one attached hydrogen (secondary N) is 1. The van der Waals surface area contributed by atoms with Gasteiger partial charge in [-0.3, -0.25) is 4.18 Å². The van der Waals surface area contributed by atoms with Gasteiger partial charge in [0, 0.05) is 6.04 Å². The van der Waals surface area contributed by atoms with E-state index in [2.05, 4.69) is 9.50 Å². The van der Waals surface area contributed by atoms with Gasteiger partial charge in [-0.25, -0.2) is 8.42 Å². The van der Waals surface area contributed by atoms with Crippen molar-refractivity contribution in [3.63, 3.8) is 0 Å². The average molecular weight is 245 g/mol. The molecule has 0 bridgehead atoms. The molecule has 0 heterocycles. The molecule has 86 valence electrons. The van der Waals surface area contributed by atoms with Crippen molar-refractivity contribution in [2.45, 2.75) is 44.6 Å². The molecule has 0 aliphatic heterocycles. The van der Waals surface area contributed by atoms with Gasteiger partial charge in [0.05, 0.1) is 6.61 Å². The van der Waals surface area contributed by atoms with E-state index in [1.807, 2.05) is 0 Å². The van der Waals surface area contributed by atoms with Gasteiger partial charge in [0.2, 0.25) is 0 Å². The second kappa shape index (κ2) is 10.1. The van der Waals surface area contributed by atoms with E-state index < -0.39 is 11.0 Å². The maximum atomic E-state index is 10.1. The molecule has 0 aromatic carbocycles. The van der Waals surface area contributed by atoms with Crippen LogP contribution in [0.1, 0.15) is 38.5 Å². The van der Waals surface area contributed by atoms with E-state index in [4.69, 9.17) is 0 Å². The van der Waals surface area contributed by atoms with Gasteiger partial charge in [-0.05, 0) is 25.8 Å². The molecule has 0 aromatic rings. The first-order valence-corrected chi connectivity index (χ1v) is 6.39. The molecule has 0 unspecified atom stereocenters. The molecule has 1 aliphatic rings. The minimum absolute atomic E-state index is 0. The summed E-state index contributed by atoms with van der Waals surface area (Å²) in [6, 6.07) is 0.643. The van der Waals surface area contributed by atoms with Crippen LogP contribution in [0.2, 0.25) is 0 Å². The predicted molar refractivity (Wildman–Crippen MR) is 62.9 cm³/mol. The molecule has 1 saturated carbocycles. The van der Waals surface area contributed by atoms with Crippen molar-refractivity contribution >= 4 is 40.5 Å². The molecule has 1 fully saturated rings. The Morgan fingerprint density at radius 1 is 1.20 bits per heavy atom. The normalized spacial score (nSPS) is 17.7. The van der Waals surface area contributed by atoms with Crippen LogP contribution in [0.3, 0.4) is 0 Å². The molecule has 1 N–H and O–H groups in total. The third-order valence-corrected chi connectivity index (χ3v) is 2.95. The van der Waals surface area contributed by atoms with E-state index in [0.717, 1.165) is 13.0 Å². The van der Waals surface area contributed by atoms with Gasteiger partial charge in [0.15, 0.2) is 0 Å². The summed E-state index contributed by atoms with van der Waals surface area (Å²) in [4.78, 5) is 0. The predicted octanol–water partition coefficient (Wildman–Crippen LogP) is 0.193. The van der Waals surface area contributed by atoms with Crippen LogP contribution in [0.25, 0.3) is 0 Å². The number of hydrogen-bond acceptors (Lipinski definition) is 4. The molecule has 15 heavy (non-hydrogen) atoms. The molecule has 0 radical (unpaired) electrons. The van der Waals surface area contributed by atoms with Crippen LogP contribution in [0.15, 0.2) is 0 Å². The van der Waals surface area contributed by atoms with E-state index >= 15 is 0 Å². The quantitative estimate of drug-likeness (QED) is 0.398. The van der Waals surface area contributed by atoms with E-state index in [-0.39, 0.29) is 29.6 Å². The summed E-state index contributed by atoms with van der Waals surface area (Å²) >= 11 is 0. The Labute approximate surface area is 116 Å². The van der Waals surface area contributed by atoms with E-state index in [9.17, 15) is 8.42 Å². The SMILES string of the molecule is O=[SH](=O)OCCCNC1CCCCC1.[NaH]. The van der Waals surface area contributed by atoms with Gasteiger partial charge in [0.1, 0.15) is 0 Å². The van der Waals surface area contributed by atoms with Crippen molar-refractivity contribution in [3.8, 4) is 0 Å². The van der Waals surface area contributed by atoms with Gasteiger partial charge in [-0.15, -0.1) is 0 Å². The molecule has 6 heteroatoms. The number of hydrogen-bond donors (Lipinski definition) is 2. The molecule has 0 saturated heterocycles. The standard InChI is InChI=1S/C9H19NO3S.Na.H/c11-14(12)13-8-4-7-10-9-5-2-1-3-6-9;;/h9-10,14H,1-8H2;;. The summed E-state index contributed by atoms with van der Waals surface area (Å²) in [5, 5.41) is 3.42. The summed E-state index contributed by atoms with van der Waals surface area (Å²) in [5.74, 6) is 0. The Hall–Kier alpha value is 0.870. The van der Waals surface area contributed by atoms with Crippen molar-refractivity contribution in [2.24, 2.45) is 0 Å². The van der Waals surface area contributed by atoms with Gasteiger partial charge in [0.25, 0.3) is 11.0 Å². The van der Waals surface area contributed by atoms with E-state index in [1.54, 1.807) is 0 Å². The second-order valence-corrected chi connectivity index (χ2v) is 4.40. The van der Waals surface area contributed by atoms with Crippen LogP contribution >= 0.6 is 0 Å². The summed E-state index contributed by atoms with van der Waals surface area (Å²) in [6.07, 6.45) is 7.28. The van der Waals surface area contributed by atoms with Gasteiger partial charge < -0.3 is 5.32 Å². The second-order valence-electron chi connectivity index (χ2n) is 3.70. The Morgan fingerprint density at radius 2 is 1.87 bits per heavy atom. The summed E-state index contributed by atoms with van der Waals surface area (Å²) in [7, 11) is -2.66. The zero-order valence-electron chi connectivity index (χ0n) is 8.41. The molecule has 4 nitrogen and oxygen atoms in total. The van der Waals surface area contributed by atoms with Crippen molar-refractivity contribution < 1.29 is 12.6 Å². The zero-order valence-corrected chi connectivity index (χ0v) is 9.30. The molecular weight excluding hydrogens is 225 g/mol. The van der Waals surface area contributed by atoms with E-state index in [1.165, 1.54) is 32.1 Å². The minimum atomic E-state index is -2.66.